The van der Waals surface area contributed by atoms with Crippen LogP contribution in [0.5, 0.6) is 5.75 Å². The molecule has 0 unspecified atom stereocenters. The normalized spacial score (nSPS) is 12.8. The lowest BCUT2D eigenvalue weighted by molar-refractivity contribution is -0.112. The largest absolute Gasteiger partial charge is 0.506 e. The highest BCUT2D eigenvalue weighted by Crippen LogP contribution is 2.32. The molecule has 2 N–H and O–H groups in total. The molecule has 1 heterocycles. The Hall–Kier alpha value is -2.14. The highest BCUT2D eigenvalue weighted by Gasteiger charge is 2.22. The Balaban J connectivity index is 1.86. The summed E-state index contributed by atoms with van der Waals surface area (Å²) in [6.07, 6.45) is 2.50. The number of pyridine rings is 1. The first-order valence-electron chi connectivity index (χ1n) is 7.34. The van der Waals surface area contributed by atoms with Crippen LogP contribution in [-0.4, -0.2) is 16.0 Å². The van der Waals surface area contributed by atoms with Crippen molar-refractivity contribution in [2.75, 3.05) is 5.32 Å². The topological polar surface area (TPSA) is 62.2 Å². The lowest BCUT2D eigenvalue weighted by atomic mass is 10.1. The van der Waals surface area contributed by atoms with Gasteiger partial charge in [0, 0.05) is 16.5 Å². The number of nitrogens with one attached hydrogen (secondary N) is 1. The summed E-state index contributed by atoms with van der Waals surface area (Å²) in [6, 6.07) is 5.93. The summed E-state index contributed by atoms with van der Waals surface area (Å²) < 4.78 is 1.01. The van der Waals surface area contributed by atoms with Crippen molar-refractivity contribution in [1.29, 1.82) is 0 Å². The number of aryl methyl sites for hydroxylation is 1. The van der Waals surface area contributed by atoms with Gasteiger partial charge in [0.15, 0.2) is 0 Å². The third kappa shape index (κ3) is 2.77. The summed E-state index contributed by atoms with van der Waals surface area (Å²) in [5, 5.41) is 12.8. The molecule has 0 fully saturated rings. The maximum absolute atomic E-state index is 12.6. The average molecular weight is 373 g/mol. The molecule has 2 aromatic rings. The van der Waals surface area contributed by atoms with Crippen molar-refractivity contribution in [3.05, 3.63) is 56.2 Å². The molecule has 0 bridgehead atoms. The van der Waals surface area contributed by atoms with Crippen LogP contribution in [0.4, 0.5) is 5.82 Å². The third-order valence-corrected chi connectivity index (χ3v) is 5.01. The van der Waals surface area contributed by atoms with Gasteiger partial charge in [0.2, 0.25) is 0 Å². The van der Waals surface area contributed by atoms with E-state index in [1.54, 1.807) is 6.92 Å². The third-order valence-electron chi connectivity index (χ3n) is 4.27. The first-order valence-corrected chi connectivity index (χ1v) is 8.14. The molecule has 4 nitrogen and oxygen atoms in total. The maximum atomic E-state index is 12.6. The standard InChI is InChI=1S/C18H17BrN2O2/c1-9-10(2)17(20-11(3)16(9)22)21-18(23)13-7-12-5-4-6-15(19)14(12)8-13/h4-7,22H,8H2,1-3H3,(H,20,21,23). The van der Waals surface area contributed by atoms with Crippen molar-refractivity contribution in [2.24, 2.45) is 0 Å². The van der Waals surface area contributed by atoms with Gasteiger partial charge in [-0.3, -0.25) is 4.79 Å². The summed E-state index contributed by atoms with van der Waals surface area (Å²) in [5.41, 5.74) is 4.91. The molecule has 0 atom stereocenters. The summed E-state index contributed by atoms with van der Waals surface area (Å²) in [6.45, 7) is 5.38. The molecule has 3 rings (SSSR count). The van der Waals surface area contributed by atoms with Crippen LogP contribution in [-0.2, 0) is 11.2 Å². The minimum Gasteiger partial charge on any atom is -0.506 e. The molecule has 23 heavy (non-hydrogen) atoms. The van der Waals surface area contributed by atoms with Crippen molar-refractivity contribution in [2.45, 2.75) is 27.2 Å². The Labute approximate surface area is 143 Å². The van der Waals surface area contributed by atoms with Gasteiger partial charge < -0.3 is 10.4 Å². The van der Waals surface area contributed by atoms with E-state index >= 15 is 0 Å². The summed E-state index contributed by atoms with van der Waals surface area (Å²) in [7, 11) is 0. The van der Waals surface area contributed by atoms with E-state index in [9.17, 15) is 9.90 Å². The van der Waals surface area contributed by atoms with E-state index in [1.807, 2.05) is 38.1 Å². The number of carbonyl (C=O) groups is 1. The van der Waals surface area contributed by atoms with Gasteiger partial charge in [-0.25, -0.2) is 4.98 Å². The molecule has 0 saturated carbocycles. The van der Waals surface area contributed by atoms with E-state index in [0.29, 0.717) is 23.5 Å². The number of hydrogen-bond donors (Lipinski definition) is 2. The van der Waals surface area contributed by atoms with Gasteiger partial charge >= 0.3 is 0 Å². The molecule has 118 valence electrons. The van der Waals surface area contributed by atoms with Crippen LogP contribution in [0.15, 0.2) is 28.2 Å². The summed E-state index contributed by atoms with van der Waals surface area (Å²) >= 11 is 3.52. The van der Waals surface area contributed by atoms with Crippen LogP contribution < -0.4 is 5.32 Å². The summed E-state index contributed by atoms with van der Waals surface area (Å²) in [4.78, 5) is 16.8. The van der Waals surface area contributed by atoms with Gasteiger partial charge in [0.25, 0.3) is 5.91 Å². The van der Waals surface area contributed by atoms with Crippen LogP contribution in [0.3, 0.4) is 0 Å². The van der Waals surface area contributed by atoms with Crippen LogP contribution in [0.2, 0.25) is 0 Å². The minimum atomic E-state index is -0.159. The minimum absolute atomic E-state index is 0.159. The van der Waals surface area contributed by atoms with Crippen molar-refractivity contribution >= 4 is 33.7 Å². The average Bonchev–Trinajstić information content (AvgIpc) is 2.96. The Bertz CT molecular complexity index is 857. The van der Waals surface area contributed by atoms with Gasteiger partial charge in [-0.05, 0) is 55.2 Å². The van der Waals surface area contributed by atoms with Crippen molar-refractivity contribution in [3.63, 3.8) is 0 Å². The number of hydrogen-bond acceptors (Lipinski definition) is 3. The number of aromatic hydroxyl groups is 1. The van der Waals surface area contributed by atoms with Gasteiger partial charge in [0.1, 0.15) is 11.6 Å². The summed E-state index contributed by atoms with van der Waals surface area (Å²) in [5.74, 6) is 0.517. The predicted octanol–water partition coefficient (Wildman–Crippen LogP) is 4.05. The van der Waals surface area contributed by atoms with Crippen LogP contribution in [0.25, 0.3) is 6.08 Å². The van der Waals surface area contributed by atoms with E-state index in [-0.39, 0.29) is 11.7 Å². The quantitative estimate of drug-likeness (QED) is 0.835. The number of amides is 1. The number of fused-ring (bicyclic) bond motifs is 1. The number of rotatable bonds is 2. The van der Waals surface area contributed by atoms with Crippen molar-refractivity contribution < 1.29 is 9.90 Å². The van der Waals surface area contributed by atoms with E-state index in [2.05, 4.69) is 26.2 Å². The number of nitrogens with zero attached hydrogens (tertiary/aromatic N) is 1. The molecule has 0 radical (unpaired) electrons. The zero-order valence-corrected chi connectivity index (χ0v) is 14.8. The van der Waals surface area contributed by atoms with E-state index < -0.39 is 0 Å². The fourth-order valence-corrected chi connectivity index (χ4v) is 3.23. The monoisotopic (exact) mass is 372 g/mol. The van der Waals surface area contributed by atoms with E-state index in [0.717, 1.165) is 26.7 Å². The smallest absolute Gasteiger partial charge is 0.253 e. The molecule has 1 aromatic heterocycles. The second-order valence-corrected chi connectivity index (χ2v) is 6.61. The van der Waals surface area contributed by atoms with Crippen molar-refractivity contribution in [3.8, 4) is 5.75 Å². The Morgan fingerprint density at radius 2 is 2.00 bits per heavy atom. The molecule has 1 aromatic carbocycles. The molecule has 0 aliphatic heterocycles. The molecular formula is C18H17BrN2O2. The zero-order valence-electron chi connectivity index (χ0n) is 13.2. The number of aromatic nitrogens is 1. The predicted molar refractivity (Wildman–Crippen MR) is 94.6 cm³/mol. The Kier molecular flexibility index (Phi) is 3.98. The fourth-order valence-electron chi connectivity index (χ4n) is 2.71. The lowest BCUT2D eigenvalue weighted by Gasteiger charge is -2.13. The Morgan fingerprint density at radius 1 is 1.26 bits per heavy atom. The molecule has 1 aliphatic rings. The van der Waals surface area contributed by atoms with Crippen LogP contribution in [0.1, 0.15) is 27.9 Å². The second kappa shape index (κ2) is 5.81. The molecule has 1 aliphatic carbocycles. The Morgan fingerprint density at radius 3 is 2.70 bits per heavy atom. The molecule has 1 amide bonds. The van der Waals surface area contributed by atoms with E-state index in [1.165, 1.54) is 0 Å². The number of benzene rings is 1. The second-order valence-electron chi connectivity index (χ2n) is 5.75. The van der Waals surface area contributed by atoms with Crippen molar-refractivity contribution in [1.82, 2.24) is 4.98 Å². The van der Waals surface area contributed by atoms with E-state index in [4.69, 9.17) is 0 Å². The van der Waals surface area contributed by atoms with Gasteiger partial charge in [-0.2, -0.15) is 0 Å². The highest BCUT2D eigenvalue weighted by molar-refractivity contribution is 9.10. The molecular weight excluding hydrogens is 356 g/mol. The zero-order chi connectivity index (χ0) is 16.7. The highest BCUT2D eigenvalue weighted by atomic mass is 79.9. The first kappa shape index (κ1) is 15.7. The lowest BCUT2D eigenvalue weighted by Crippen LogP contribution is -2.17. The van der Waals surface area contributed by atoms with Crippen LogP contribution >= 0.6 is 15.9 Å². The SMILES string of the molecule is Cc1nc(NC(=O)C2=Cc3cccc(Br)c3C2)c(C)c(C)c1O. The molecule has 0 spiro atoms. The number of anilines is 1. The van der Waals surface area contributed by atoms with Gasteiger partial charge in [-0.1, -0.05) is 28.1 Å². The molecule has 0 saturated heterocycles. The van der Waals surface area contributed by atoms with Gasteiger partial charge in [-0.15, -0.1) is 0 Å². The number of carbonyl (C=O) groups excluding carboxylic acids is 1. The van der Waals surface area contributed by atoms with Gasteiger partial charge in [0.05, 0.1) is 5.69 Å². The maximum Gasteiger partial charge on any atom is 0.253 e. The first-order chi connectivity index (χ1) is 10.9. The fraction of sp³-hybridized carbons (Fsp3) is 0.222. The molecule has 5 heteroatoms. The van der Waals surface area contributed by atoms with Crippen LogP contribution in [0, 0.1) is 20.8 Å². The number of halogens is 1.